The summed E-state index contributed by atoms with van der Waals surface area (Å²) in [6, 6.07) is 0. The maximum absolute atomic E-state index is 9.74. The second-order valence-electron chi connectivity index (χ2n) is 3.04. The summed E-state index contributed by atoms with van der Waals surface area (Å²) >= 11 is 0. The van der Waals surface area contributed by atoms with Gasteiger partial charge in [0.15, 0.2) is 0 Å². The first kappa shape index (κ1) is 13.9. The Morgan fingerprint density at radius 1 is 0.917 bits per heavy atom. The third-order valence-electron chi connectivity index (χ3n) is 1.75. The normalized spacial score (nSPS) is 13.7. The predicted octanol–water partition coefficient (Wildman–Crippen LogP) is 2.46. The zero-order chi connectivity index (χ0) is 9.98. The third-order valence-corrected chi connectivity index (χ3v) is 1.75. The molecule has 0 bridgehead atoms. The highest BCUT2D eigenvalue weighted by molar-refractivity contribution is 5.52. The molecular weight excluding hydrogens is 152 g/mol. The highest BCUT2D eigenvalue weighted by Gasteiger charge is 1.89. The van der Waals surface area contributed by atoms with Gasteiger partial charge >= 0.3 is 0 Å². The van der Waals surface area contributed by atoms with E-state index in [9.17, 15) is 9.59 Å². The zero-order valence-corrected chi connectivity index (χ0v) is 8.54. The zero-order valence-electron chi connectivity index (χ0n) is 8.54. The van der Waals surface area contributed by atoms with Crippen LogP contribution in [0.4, 0.5) is 0 Å². The van der Waals surface area contributed by atoms with Crippen molar-refractivity contribution in [2.75, 3.05) is 0 Å². The van der Waals surface area contributed by atoms with Crippen molar-refractivity contribution in [1.82, 2.24) is 0 Å². The van der Waals surface area contributed by atoms with Gasteiger partial charge in [-0.05, 0) is 12.8 Å². The van der Waals surface area contributed by atoms with Crippen LogP contribution in [0.5, 0.6) is 0 Å². The Balaban J connectivity index is 0. The standard InChI is InChI=1S/2C5H10O/c2*1-3-5(2)4-6/h2*4-5H,3H2,1-2H3. The van der Waals surface area contributed by atoms with Crippen LogP contribution in [-0.2, 0) is 9.59 Å². The number of hydrogen-bond acceptors (Lipinski definition) is 2. The minimum atomic E-state index is 0.255. The van der Waals surface area contributed by atoms with Crippen molar-refractivity contribution in [1.29, 1.82) is 0 Å². The molecule has 2 nitrogen and oxygen atoms in total. The third kappa shape index (κ3) is 12.1. The van der Waals surface area contributed by atoms with Gasteiger partial charge in [0.2, 0.25) is 0 Å². The monoisotopic (exact) mass is 172 g/mol. The molecule has 0 rings (SSSR count). The molecule has 0 aromatic heterocycles. The fourth-order valence-electron chi connectivity index (χ4n) is 0.192. The summed E-state index contributed by atoms with van der Waals surface area (Å²) in [7, 11) is 0. The van der Waals surface area contributed by atoms with E-state index in [-0.39, 0.29) is 11.8 Å². The Kier molecular flexibility index (Phi) is 12.0. The molecule has 0 heterocycles. The van der Waals surface area contributed by atoms with E-state index in [2.05, 4.69) is 0 Å². The van der Waals surface area contributed by atoms with Gasteiger partial charge in [-0.1, -0.05) is 27.7 Å². The minimum Gasteiger partial charge on any atom is -0.303 e. The van der Waals surface area contributed by atoms with Crippen LogP contribution in [0.1, 0.15) is 40.5 Å². The molecule has 12 heavy (non-hydrogen) atoms. The number of hydrogen-bond donors (Lipinski definition) is 0. The Morgan fingerprint density at radius 2 is 1.17 bits per heavy atom. The molecule has 72 valence electrons. The molecule has 2 atom stereocenters. The summed E-state index contributed by atoms with van der Waals surface area (Å²) in [5.74, 6) is 0.509. The van der Waals surface area contributed by atoms with Gasteiger partial charge in [0.25, 0.3) is 0 Å². The van der Waals surface area contributed by atoms with E-state index in [0.29, 0.717) is 0 Å². The SMILES string of the molecule is CCC(C)C=O.CCC(C)C=O. The van der Waals surface area contributed by atoms with Crippen LogP contribution in [0.25, 0.3) is 0 Å². The average molecular weight is 172 g/mol. The van der Waals surface area contributed by atoms with Crippen LogP contribution in [0.2, 0.25) is 0 Å². The quantitative estimate of drug-likeness (QED) is 0.610. The fourth-order valence-corrected chi connectivity index (χ4v) is 0.192. The van der Waals surface area contributed by atoms with E-state index in [1.165, 1.54) is 0 Å². The maximum Gasteiger partial charge on any atom is 0.122 e. The largest absolute Gasteiger partial charge is 0.303 e. The Bertz CT molecular complexity index is 96.4. The lowest BCUT2D eigenvalue weighted by atomic mass is 10.2. The van der Waals surface area contributed by atoms with Crippen molar-refractivity contribution >= 4 is 12.6 Å². The van der Waals surface area contributed by atoms with Crippen LogP contribution >= 0.6 is 0 Å². The molecular formula is C10H20O2. The smallest absolute Gasteiger partial charge is 0.122 e. The number of rotatable bonds is 4. The Hall–Kier alpha value is -0.660. The van der Waals surface area contributed by atoms with Gasteiger partial charge in [-0.25, -0.2) is 0 Å². The van der Waals surface area contributed by atoms with Crippen LogP contribution < -0.4 is 0 Å². The molecule has 0 saturated carbocycles. The van der Waals surface area contributed by atoms with Crippen LogP contribution in [0.3, 0.4) is 0 Å². The molecule has 0 aliphatic heterocycles. The second-order valence-corrected chi connectivity index (χ2v) is 3.04. The first-order valence-corrected chi connectivity index (χ1v) is 4.52. The number of aldehydes is 2. The van der Waals surface area contributed by atoms with Crippen LogP contribution in [-0.4, -0.2) is 12.6 Å². The van der Waals surface area contributed by atoms with Gasteiger partial charge in [-0.3, -0.25) is 0 Å². The molecule has 0 saturated heterocycles. The summed E-state index contributed by atoms with van der Waals surface area (Å²) in [5, 5.41) is 0. The van der Waals surface area contributed by atoms with Crippen molar-refractivity contribution in [3.63, 3.8) is 0 Å². The highest BCUT2D eigenvalue weighted by atomic mass is 16.1. The summed E-state index contributed by atoms with van der Waals surface area (Å²) in [6.45, 7) is 7.82. The van der Waals surface area contributed by atoms with E-state index in [4.69, 9.17) is 0 Å². The van der Waals surface area contributed by atoms with Gasteiger partial charge in [0.1, 0.15) is 12.6 Å². The van der Waals surface area contributed by atoms with E-state index >= 15 is 0 Å². The molecule has 2 unspecified atom stereocenters. The number of carbonyl (C=O) groups is 2. The van der Waals surface area contributed by atoms with Crippen LogP contribution in [0, 0.1) is 11.8 Å². The fraction of sp³-hybridized carbons (Fsp3) is 0.800. The molecule has 2 heteroatoms. The molecule has 0 aliphatic rings. The molecule has 0 amide bonds. The van der Waals surface area contributed by atoms with Crippen molar-refractivity contribution < 1.29 is 9.59 Å². The van der Waals surface area contributed by atoms with Crippen molar-refractivity contribution in [3.8, 4) is 0 Å². The lowest BCUT2D eigenvalue weighted by Gasteiger charge is -1.89. The Labute approximate surface area is 75.4 Å². The number of carbonyl (C=O) groups excluding carboxylic acids is 2. The minimum absolute atomic E-state index is 0.255. The Morgan fingerprint density at radius 3 is 1.17 bits per heavy atom. The highest BCUT2D eigenvalue weighted by Crippen LogP contribution is 1.92. The van der Waals surface area contributed by atoms with Crippen molar-refractivity contribution in [3.05, 3.63) is 0 Å². The van der Waals surface area contributed by atoms with Gasteiger partial charge in [0, 0.05) is 11.8 Å². The molecule has 0 radical (unpaired) electrons. The van der Waals surface area contributed by atoms with Crippen molar-refractivity contribution in [2.24, 2.45) is 11.8 Å². The van der Waals surface area contributed by atoms with E-state index < -0.39 is 0 Å². The summed E-state index contributed by atoms with van der Waals surface area (Å²) in [4.78, 5) is 19.5. The predicted molar refractivity (Wildman–Crippen MR) is 51.0 cm³/mol. The van der Waals surface area contributed by atoms with Crippen LogP contribution in [0.15, 0.2) is 0 Å². The second kappa shape index (κ2) is 10.3. The average Bonchev–Trinajstić information content (AvgIpc) is 2.16. The summed E-state index contributed by atoms with van der Waals surface area (Å²) in [5.41, 5.74) is 0. The molecule has 0 aliphatic carbocycles. The lowest BCUT2D eigenvalue weighted by molar-refractivity contribution is -0.111. The van der Waals surface area contributed by atoms with Gasteiger partial charge in [0.05, 0.1) is 0 Å². The lowest BCUT2D eigenvalue weighted by Crippen LogP contribution is -1.89. The molecule has 0 spiro atoms. The first-order chi connectivity index (χ1) is 5.62. The van der Waals surface area contributed by atoms with Crippen molar-refractivity contribution in [2.45, 2.75) is 40.5 Å². The molecule has 0 aromatic carbocycles. The maximum atomic E-state index is 9.74. The van der Waals surface area contributed by atoms with Gasteiger partial charge in [-0.15, -0.1) is 0 Å². The van der Waals surface area contributed by atoms with Gasteiger partial charge in [-0.2, -0.15) is 0 Å². The first-order valence-electron chi connectivity index (χ1n) is 4.52. The van der Waals surface area contributed by atoms with E-state index in [0.717, 1.165) is 25.4 Å². The summed E-state index contributed by atoms with van der Waals surface area (Å²) in [6.07, 6.45) is 3.87. The summed E-state index contributed by atoms with van der Waals surface area (Å²) < 4.78 is 0. The topological polar surface area (TPSA) is 34.1 Å². The molecule has 0 fully saturated rings. The van der Waals surface area contributed by atoms with E-state index in [1.54, 1.807) is 0 Å². The van der Waals surface area contributed by atoms with Gasteiger partial charge < -0.3 is 9.59 Å². The van der Waals surface area contributed by atoms with E-state index in [1.807, 2.05) is 27.7 Å². The molecule has 0 aromatic rings. The molecule has 0 N–H and O–H groups in total.